The summed E-state index contributed by atoms with van der Waals surface area (Å²) in [6.07, 6.45) is 0. The second-order valence-corrected chi connectivity index (χ2v) is 5.62. The van der Waals surface area contributed by atoms with Crippen molar-refractivity contribution in [3.8, 4) is 17.7 Å². The van der Waals surface area contributed by atoms with Gasteiger partial charge in [-0.1, -0.05) is 12.1 Å². The van der Waals surface area contributed by atoms with Crippen LogP contribution >= 0.6 is 11.3 Å². The first-order valence-corrected chi connectivity index (χ1v) is 7.16. The van der Waals surface area contributed by atoms with Gasteiger partial charge in [0.15, 0.2) is 0 Å². The van der Waals surface area contributed by atoms with Crippen LogP contribution in [0.25, 0.3) is 10.2 Å². The number of nitriles is 1. The van der Waals surface area contributed by atoms with E-state index in [0.717, 1.165) is 15.1 Å². The molecule has 2 aromatic heterocycles. The molecule has 0 aliphatic rings. The van der Waals surface area contributed by atoms with Crippen LogP contribution in [0.2, 0.25) is 0 Å². The summed E-state index contributed by atoms with van der Waals surface area (Å²) in [7, 11) is 1.76. The second kappa shape index (κ2) is 5.38. The summed E-state index contributed by atoms with van der Waals surface area (Å²) in [6.45, 7) is 2.01. The highest BCUT2D eigenvalue weighted by atomic mass is 32.1. The molecule has 21 heavy (non-hydrogen) atoms. The second-order valence-electron chi connectivity index (χ2n) is 4.39. The number of rotatable bonds is 3. The summed E-state index contributed by atoms with van der Waals surface area (Å²) in [4.78, 5) is 10.8. The van der Waals surface area contributed by atoms with Gasteiger partial charge in [-0.15, -0.1) is 11.3 Å². The number of hydrogen-bond acceptors (Lipinski definition) is 6. The van der Waals surface area contributed by atoms with Gasteiger partial charge in [-0.3, -0.25) is 0 Å². The fourth-order valence-corrected chi connectivity index (χ4v) is 2.83. The number of para-hydroxylation sites is 1. The number of nitrogens with zero attached hydrogens (tertiary/aromatic N) is 3. The van der Waals surface area contributed by atoms with Crippen LogP contribution in [0.3, 0.4) is 0 Å². The van der Waals surface area contributed by atoms with Crippen molar-refractivity contribution >= 4 is 27.5 Å². The number of anilines is 1. The Morgan fingerprint density at radius 3 is 2.86 bits per heavy atom. The molecule has 3 aromatic rings. The Hall–Kier alpha value is -2.65. The minimum absolute atomic E-state index is 0.455. The van der Waals surface area contributed by atoms with Crippen LogP contribution in [0, 0.1) is 18.3 Å². The van der Waals surface area contributed by atoms with E-state index < -0.39 is 0 Å². The Morgan fingerprint density at radius 2 is 2.10 bits per heavy atom. The molecule has 5 nitrogen and oxygen atoms in total. The maximum atomic E-state index is 9.14. The molecule has 0 aliphatic carbocycles. The number of hydrogen-bond donors (Lipinski definition) is 1. The van der Waals surface area contributed by atoms with Gasteiger partial charge in [0, 0.05) is 11.9 Å². The van der Waals surface area contributed by atoms with Crippen molar-refractivity contribution < 1.29 is 4.74 Å². The van der Waals surface area contributed by atoms with Gasteiger partial charge in [-0.2, -0.15) is 10.2 Å². The maximum Gasteiger partial charge on any atom is 0.232 e. The van der Waals surface area contributed by atoms with Crippen molar-refractivity contribution in [2.24, 2.45) is 0 Å². The zero-order valence-electron chi connectivity index (χ0n) is 11.5. The van der Waals surface area contributed by atoms with Gasteiger partial charge in [0.25, 0.3) is 0 Å². The van der Waals surface area contributed by atoms with E-state index in [4.69, 9.17) is 10.00 Å². The van der Waals surface area contributed by atoms with E-state index in [1.54, 1.807) is 36.6 Å². The SMILES string of the molecule is CNc1nc(Oc2ccccc2C#N)c2cc(C)sc2n1. The van der Waals surface area contributed by atoms with Crippen molar-refractivity contribution in [3.05, 3.63) is 40.8 Å². The van der Waals surface area contributed by atoms with E-state index in [2.05, 4.69) is 21.4 Å². The molecule has 0 atom stereocenters. The third-order valence-electron chi connectivity index (χ3n) is 2.92. The fraction of sp³-hybridized carbons (Fsp3) is 0.133. The smallest absolute Gasteiger partial charge is 0.232 e. The monoisotopic (exact) mass is 296 g/mol. The summed E-state index contributed by atoms with van der Waals surface area (Å²) >= 11 is 1.58. The van der Waals surface area contributed by atoms with Crippen molar-refractivity contribution in [1.29, 1.82) is 5.26 Å². The zero-order valence-corrected chi connectivity index (χ0v) is 12.4. The van der Waals surface area contributed by atoms with Crippen molar-refractivity contribution in [2.75, 3.05) is 12.4 Å². The van der Waals surface area contributed by atoms with Crippen LogP contribution in [0.5, 0.6) is 11.6 Å². The Balaban J connectivity index is 2.13. The predicted octanol–water partition coefficient (Wildman–Crippen LogP) is 3.71. The molecule has 0 radical (unpaired) electrons. The summed E-state index contributed by atoms with van der Waals surface area (Å²) in [6, 6.07) is 11.2. The largest absolute Gasteiger partial charge is 0.437 e. The van der Waals surface area contributed by atoms with E-state index in [-0.39, 0.29) is 0 Å². The third-order valence-corrected chi connectivity index (χ3v) is 3.86. The molecule has 0 aliphatic heterocycles. The molecule has 1 N–H and O–H groups in total. The van der Waals surface area contributed by atoms with Crippen LogP contribution in [-0.2, 0) is 0 Å². The number of thiophene rings is 1. The summed E-state index contributed by atoms with van der Waals surface area (Å²) in [5.41, 5.74) is 0.474. The first-order chi connectivity index (χ1) is 10.2. The van der Waals surface area contributed by atoms with Crippen LogP contribution in [0.15, 0.2) is 30.3 Å². The molecular formula is C15H12N4OS. The third kappa shape index (κ3) is 2.51. The van der Waals surface area contributed by atoms with E-state index in [1.807, 2.05) is 19.1 Å². The molecule has 0 amide bonds. The highest BCUT2D eigenvalue weighted by molar-refractivity contribution is 7.18. The number of aryl methyl sites for hydroxylation is 1. The van der Waals surface area contributed by atoms with Gasteiger partial charge in [0.2, 0.25) is 11.8 Å². The Kier molecular flexibility index (Phi) is 3.42. The molecule has 0 spiro atoms. The fourth-order valence-electron chi connectivity index (χ4n) is 1.96. The van der Waals surface area contributed by atoms with Gasteiger partial charge in [0.1, 0.15) is 16.6 Å². The van der Waals surface area contributed by atoms with Crippen LogP contribution < -0.4 is 10.1 Å². The lowest BCUT2D eigenvalue weighted by atomic mass is 10.2. The van der Waals surface area contributed by atoms with Gasteiger partial charge in [-0.25, -0.2) is 4.98 Å². The average Bonchev–Trinajstić information content (AvgIpc) is 2.88. The highest BCUT2D eigenvalue weighted by Crippen LogP contribution is 2.34. The van der Waals surface area contributed by atoms with Crippen LogP contribution in [0.1, 0.15) is 10.4 Å². The molecule has 0 fully saturated rings. The summed E-state index contributed by atoms with van der Waals surface area (Å²) in [5.74, 6) is 1.44. The summed E-state index contributed by atoms with van der Waals surface area (Å²) < 4.78 is 5.86. The lowest BCUT2D eigenvalue weighted by Gasteiger charge is -2.08. The van der Waals surface area contributed by atoms with Crippen LogP contribution in [0.4, 0.5) is 5.95 Å². The molecule has 0 bridgehead atoms. The number of fused-ring (bicyclic) bond motifs is 1. The van der Waals surface area contributed by atoms with Gasteiger partial charge >= 0.3 is 0 Å². The minimum atomic E-state index is 0.455. The standard InChI is InChI=1S/C15H12N4OS/c1-9-7-11-13(18-15(17-2)19-14(11)21-9)20-12-6-4-3-5-10(12)8-16/h3-7H,1-2H3,(H,17,18,19). The van der Waals surface area contributed by atoms with E-state index in [9.17, 15) is 0 Å². The molecule has 1 aromatic carbocycles. The van der Waals surface area contributed by atoms with Crippen molar-refractivity contribution in [3.63, 3.8) is 0 Å². The predicted molar refractivity (Wildman–Crippen MR) is 82.9 cm³/mol. The van der Waals surface area contributed by atoms with Crippen LogP contribution in [-0.4, -0.2) is 17.0 Å². The van der Waals surface area contributed by atoms with E-state index in [0.29, 0.717) is 23.1 Å². The van der Waals surface area contributed by atoms with E-state index in [1.165, 1.54) is 0 Å². The first kappa shape index (κ1) is 13.3. The number of ether oxygens (including phenoxy) is 1. The quantitative estimate of drug-likeness (QED) is 0.798. The molecule has 2 heterocycles. The lowest BCUT2D eigenvalue weighted by Crippen LogP contribution is -1.98. The molecule has 0 saturated carbocycles. The first-order valence-electron chi connectivity index (χ1n) is 6.34. The molecule has 3 rings (SSSR count). The van der Waals surface area contributed by atoms with Crippen molar-refractivity contribution in [2.45, 2.75) is 6.92 Å². The lowest BCUT2D eigenvalue weighted by molar-refractivity contribution is 0.467. The highest BCUT2D eigenvalue weighted by Gasteiger charge is 2.13. The van der Waals surface area contributed by atoms with E-state index >= 15 is 0 Å². The Labute approximate surface area is 125 Å². The normalized spacial score (nSPS) is 10.3. The number of nitrogens with one attached hydrogen (secondary N) is 1. The topological polar surface area (TPSA) is 70.8 Å². The van der Waals surface area contributed by atoms with Gasteiger partial charge in [0.05, 0.1) is 10.9 Å². The molecule has 6 heteroatoms. The minimum Gasteiger partial charge on any atom is -0.437 e. The number of aromatic nitrogens is 2. The molecular weight excluding hydrogens is 284 g/mol. The Bertz CT molecular complexity index is 850. The maximum absolute atomic E-state index is 9.14. The molecule has 104 valence electrons. The zero-order chi connectivity index (χ0) is 14.8. The van der Waals surface area contributed by atoms with Gasteiger partial charge in [-0.05, 0) is 25.1 Å². The van der Waals surface area contributed by atoms with Gasteiger partial charge < -0.3 is 10.1 Å². The number of benzene rings is 1. The average molecular weight is 296 g/mol. The van der Waals surface area contributed by atoms with Crippen molar-refractivity contribution in [1.82, 2.24) is 9.97 Å². The molecule has 0 unspecified atom stereocenters. The summed E-state index contributed by atoms with van der Waals surface area (Å²) in [5, 5.41) is 12.9. The molecule has 0 saturated heterocycles. The Morgan fingerprint density at radius 1 is 1.29 bits per heavy atom.